The molecule has 1 heterocycles. The molecule has 0 aliphatic carbocycles. The Labute approximate surface area is 71.8 Å². The largest absolute Gasteiger partial charge is 0.384 e. The van der Waals surface area contributed by atoms with Crippen LogP contribution in [-0.2, 0) is 0 Å². The molecule has 1 aromatic rings. The number of nitriles is 1. The van der Waals surface area contributed by atoms with E-state index in [0.717, 1.165) is 12.1 Å². The molecule has 1 aromatic carbocycles. The molecule has 1 aliphatic rings. The molecule has 0 saturated carbocycles. The summed E-state index contributed by atoms with van der Waals surface area (Å²) in [5.41, 5.74) is 3.21. The zero-order valence-corrected chi connectivity index (χ0v) is 6.96. The van der Waals surface area contributed by atoms with E-state index in [1.807, 2.05) is 18.2 Å². The van der Waals surface area contributed by atoms with Crippen molar-refractivity contribution in [1.82, 2.24) is 0 Å². The van der Waals surface area contributed by atoms with E-state index in [9.17, 15) is 0 Å². The molecule has 0 radical (unpaired) electrons. The Kier molecular flexibility index (Phi) is 1.51. The van der Waals surface area contributed by atoms with Crippen LogP contribution in [0.3, 0.4) is 0 Å². The Morgan fingerprint density at radius 2 is 2.42 bits per heavy atom. The number of benzene rings is 1. The van der Waals surface area contributed by atoms with E-state index in [4.69, 9.17) is 5.26 Å². The fourth-order valence-electron chi connectivity index (χ4n) is 1.57. The molecule has 1 atom stereocenters. The first-order chi connectivity index (χ1) is 5.81. The van der Waals surface area contributed by atoms with Gasteiger partial charge in [-0.1, -0.05) is 6.92 Å². The summed E-state index contributed by atoms with van der Waals surface area (Å²) in [6.07, 6.45) is 0. The first-order valence-electron chi connectivity index (χ1n) is 4.09. The Hall–Kier alpha value is -1.49. The monoisotopic (exact) mass is 158 g/mol. The van der Waals surface area contributed by atoms with Crippen LogP contribution in [0.2, 0.25) is 0 Å². The van der Waals surface area contributed by atoms with E-state index in [0.29, 0.717) is 5.92 Å². The molecule has 1 aliphatic heterocycles. The summed E-state index contributed by atoms with van der Waals surface area (Å²) >= 11 is 0. The Bertz CT molecular complexity index is 349. The van der Waals surface area contributed by atoms with Gasteiger partial charge in [0.2, 0.25) is 0 Å². The highest BCUT2D eigenvalue weighted by Crippen LogP contribution is 2.31. The second-order valence-corrected chi connectivity index (χ2v) is 3.20. The van der Waals surface area contributed by atoms with Crippen molar-refractivity contribution >= 4 is 5.69 Å². The smallest absolute Gasteiger partial charge is 0.0991 e. The Balaban J connectivity index is 2.52. The highest BCUT2D eigenvalue weighted by molar-refractivity contribution is 5.60. The molecule has 2 rings (SSSR count). The SMILES string of the molecule is CC1CNc2ccc(C#N)cc21. The average Bonchev–Trinajstić information content (AvgIpc) is 2.47. The van der Waals surface area contributed by atoms with Crippen molar-refractivity contribution in [3.63, 3.8) is 0 Å². The van der Waals surface area contributed by atoms with E-state index >= 15 is 0 Å². The molecule has 1 N–H and O–H groups in total. The molecule has 60 valence electrons. The van der Waals surface area contributed by atoms with Crippen molar-refractivity contribution in [3.05, 3.63) is 29.3 Å². The maximum atomic E-state index is 8.68. The molecule has 0 fully saturated rings. The third-order valence-electron chi connectivity index (χ3n) is 2.31. The minimum Gasteiger partial charge on any atom is -0.384 e. The number of fused-ring (bicyclic) bond motifs is 1. The molecule has 0 aromatic heterocycles. The normalized spacial score (nSPS) is 19.5. The van der Waals surface area contributed by atoms with Crippen LogP contribution in [0.1, 0.15) is 24.0 Å². The lowest BCUT2D eigenvalue weighted by molar-refractivity contribution is 0.854. The molecular formula is C10H10N2. The van der Waals surface area contributed by atoms with Gasteiger partial charge in [0.15, 0.2) is 0 Å². The van der Waals surface area contributed by atoms with Gasteiger partial charge >= 0.3 is 0 Å². The van der Waals surface area contributed by atoms with Crippen LogP contribution in [-0.4, -0.2) is 6.54 Å². The highest BCUT2D eigenvalue weighted by Gasteiger charge is 2.17. The van der Waals surface area contributed by atoms with E-state index < -0.39 is 0 Å². The second-order valence-electron chi connectivity index (χ2n) is 3.20. The van der Waals surface area contributed by atoms with Crippen LogP contribution >= 0.6 is 0 Å². The van der Waals surface area contributed by atoms with Crippen molar-refractivity contribution in [1.29, 1.82) is 5.26 Å². The summed E-state index contributed by atoms with van der Waals surface area (Å²) in [5, 5.41) is 12.0. The van der Waals surface area contributed by atoms with Crippen LogP contribution in [0.4, 0.5) is 5.69 Å². The van der Waals surface area contributed by atoms with Gasteiger partial charge in [-0.25, -0.2) is 0 Å². The lowest BCUT2D eigenvalue weighted by atomic mass is 10.0. The van der Waals surface area contributed by atoms with Gasteiger partial charge in [0.25, 0.3) is 0 Å². The van der Waals surface area contributed by atoms with E-state index in [1.54, 1.807) is 0 Å². The van der Waals surface area contributed by atoms with E-state index in [-0.39, 0.29) is 0 Å². The number of nitrogens with one attached hydrogen (secondary N) is 1. The van der Waals surface area contributed by atoms with Crippen LogP contribution in [0, 0.1) is 11.3 Å². The third-order valence-corrected chi connectivity index (χ3v) is 2.31. The van der Waals surface area contributed by atoms with Gasteiger partial charge in [0.05, 0.1) is 11.6 Å². The molecule has 2 nitrogen and oxygen atoms in total. The van der Waals surface area contributed by atoms with Gasteiger partial charge in [0.1, 0.15) is 0 Å². The topological polar surface area (TPSA) is 35.8 Å². The highest BCUT2D eigenvalue weighted by atomic mass is 14.9. The minimum atomic E-state index is 0.535. The molecular weight excluding hydrogens is 148 g/mol. The fourth-order valence-corrected chi connectivity index (χ4v) is 1.57. The van der Waals surface area contributed by atoms with Crippen molar-refractivity contribution in [2.45, 2.75) is 12.8 Å². The standard InChI is InChI=1S/C10H10N2/c1-7-6-12-10-3-2-8(5-11)4-9(7)10/h2-4,7,12H,6H2,1H3. The van der Waals surface area contributed by atoms with E-state index in [2.05, 4.69) is 18.3 Å². The number of hydrogen-bond donors (Lipinski definition) is 1. The summed E-state index contributed by atoms with van der Waals surface area (Å²) < 4.78 is 0. The predicted molar refractivity (Wildman–Crippen MR) is 48.1 cm³/mol. The van der Waals surface area contributed by atoms with Gasteiger partial charge in [-0.05, 0) is 23.8 Å². The molecule has 0 saturated heterocycles. The summed E-state index contributed by atoms with van der Waals surface area (Å²) in [6, 6.07) is 7.96. The maximum absolute atomic E-state index is 8.68. The average molecular weight is 158 g/mol. The van der Waals surface area contributed by atoms with Gasteiger partial charge in [-0.15, -0.1) is 0 Å². The lowest BCUT2D eigenvalue weighted by Crippen LogP contribution is -1.95. The van der Waals surface area contributed by atoms with Gasteiger partial charge in [-0.2, -0.15) is 5.26 Å². The predicted octanol–water partition coefficient (Wildman–Crippen LogP) is 2.09. The first kappa shape index (κ1) is 7.17. The summed E-state index contributed by atoms with van der Waals surface area (Å²) in [7, 11) is 0. The Morgan fingerprint density at radius 1 is 1.58 bits per heavy atom. The zero-order chi connectivity index (χ0) is 8.55. The van der Waals surface area contributed by atoms with Crippen LogP contribution < -0.4 is 5.32 Å². The minimum absolute atomic E-state index is 0.535. The summed E-state index contributed by atoms with van der Waals surface area (Å²) in [6.45, 7) is 3.16. The van der Waals surface area contributed by atoms with Crippen LogP contribution in [0.5, 0.6) is 0 Å². The lowest BCUT2D eigenvalue weighted by Gasteiger charge is -2.01. The van der Waals surface area contributed by atoms with Crippen LogP contribution in [0.25, 0.3) is 0 Å². The fraction of sp³-hybridized carbons (Fsp3) is 0.300. The van der Waals surface area contributed by atoms with Crippen LogP contribution in [0.15, 0.2) is 18.2 Å². The van der Waals surface area contributed by atoms with E-state index in [1.165, 1.54) is 11.3 Å². The maximum Gasteiger partial charge on any atom is 0.0991 e. The quantitative estimate of drug-likeness (QED) is 0.627. The van der Waals surface area contributed by atoms with Crippen molar-refractivity contribution < 1.29 is 0 Å². The molecule has 12 heavy (non-hydrogen) atoms. The molecule has 2 heteroatoms. The number of nitrogens with zero attached hydrogens (tertiary/aromatic N) is 1. The van der Waals surface area contributed by atoms with Gasteiger partial charge in [0, 0.05) is 18.2 Å². The van der Waals surface area contributed by atoms with Crippen molar-refractivity contribution in [2.24, 2.45) is 0 Å². The second kappa shape index (κ2) is 2.53. The molecule has 0 amide bonds. The number of hydrogen-bond acceptors (Lipinski definition) is 2. The van der Waals surface area contributed by atoms with Gasteiger partial charge in [-0.3, -0.25) is 0 Å². The molecule has 1 unspecified atom stereocenters. The number of anilines is 1. The van der Waals surface area contributed by atoms with Crippen molar-refractivity contribution in [2.75, 3.05) is 11.9 Å². The van der Waals surface area contributed by atoms with Crippen molar-refractivity contribution in [3.8, 4) is 6.07 Å². The Morgan fingerprint density at radius 3 is 3.17 bits per heavy atom. The summed E-state index contributed by atoms with van der Waals surface area (Å²) in [4.78, 5) is 0. The molecule has 0 spiro atoms. The van der Waals surface area contributed by atoms with Gasteiger partial charge < -0.3 is 5.32 Å². The third kappa shape index (κ3) is 0.947. The zero-order valence-electron chi connectivity index (χ0n) is 6.96. The molecule has 0 bridgehead atoms. The first-order valence-corrected chi connectivity index (χ1v) is 4.09. The summed E-state index contributed by atoms with van der Waals surface area (Å²) in [5.74, 6) is 0.535. The number of rotatable bonds is 0.